The molecule has 2 rings (SSSR count). The maximum Gasteiger partial charge on any atom is 0.254 e. The summed E-state index contributed by atoms with van der Waals surface area (Å²) in [6.45, 7) is 6.66. The molecule has 0 unspecified atom stereocenters. The van der Waals surface area contributed by atoms with Gasteiger partial charge < -0.3 is 15.5 Å². The molecule has 0 aliphatic rings. The Morgan fingerprint density at radius 1 is 1.29 bits per heavy atom. The number of nitrogens with one attached hydrogen (secondary N) is 2. The molecule has 0 aromatic carbocycles. The van der Waals surface area contributed by atoms with E-state index in [0.717, 1.165) is 0 Å². The zero-order chi connectivity index (χ0) is 17.7. The van der Waals surface area contributed by atoms with Gasteiger partial charge >= 0.3 is 0 Å². The number of carbonyl (C=O) groups is 1. The minimum absolute atomic E-state index is 0.150. The number of likely N-dealkylation sites (N-methyl/N-ethyl adjacent to an activating group) is 1. The molecule has 0 radical (unpaired) electrons. The monoisotopic (exact) mass is 347 g/mol. The minimum Gasteiger partial charge on any atom is -0.352 e. The fourth-order valence-electron chi connectivity index (χ4n) is 2.31. The van der Waals surface area contributed by atoms with Crippen molar-refractivity contribution in [2.24, 2.45) is 0 Å². The summed E-state index contributed by atoms with van der Waals surface area (Å²) in [6, 6.07) is 2.50. The van der Waals surface area contributed by atoms with Crippen LogP contribution < -0.4 is 10.6 Å². The Morgan fingerprint density at radius 2 is 1.96 bits per heavy atom. The number of aryl methyl sites for hydroxylation is 1. The van der Waals surface area contributed by atoms with Crippen molar-refractivity contribution in [3.8, 4) is 0 Å². The SMILES string of the molecule is Cc1ccsc1[C@@H](CNC(=O)c1cnc(NC(C)C)nc1)N(C)C. The molecular weight excluding hydrogens is 322 g/mol. The summed E-state index contributed by atoms with van der Waals surface area (Å²) < 4.78 is 0. The number of hydrogen-bond donors (Lipinski definition) is 2. The van der Waals surface area contributed by atoms with Gasteiger partial charge in [-0.1, -0.05) is 0 Å². The van der Waals surface area contributed by atoms with Gasteiger partial charge in [-0.3, -0.25) is 4.79 Å². The van der Waals surface area contributed by atoms with Crippen molar-refractivity contribution in [1.29, 1.82) is 0 Å². The van der Waals surface area contributed by atoms with Gasteiger partial charge in [0.1, 0.15) is 0 Å². The predicted molar refractivity (Wildman–Crippen MR) is 98.6 cm³/mol. The van der Waals surface area contributed by atoms with Crippen LogP contribution in [0, 0.1) is 6.92 Å². The summed E-state index contributed by atoms with van der Waals surface area (Å²) in [7, 11) is 4.04. The summed E-state index contributed by atoms with van der Waals surface area (Å²) in [5, 5.41) is 8.16. The molecule has 1 atom stereocenters. The minimum atomic E-state index is -0.160. The first-order chi connectivity index (χ1) is 11.4. The molecule has 0 aliphatic heterocycles. The Balaban J connectivity index is 1.99. The Kier molecular flexibility index (Phi) is 6.28. The van der Waals surface area contributed by atoms with Gasteiger partial charge in [0.05, 0.1) is 11.6 Å². The Bertz CT molecular complexity index is 666. The molecule has 0 saturated heterocycles. The van der Waals surface area contributed by atoms with E-state index in [2.05, 4.69) is 43.9 Å². The summed E-state index contributed by atoms with van der Waals surface area (Å²) in [5.41, 5.74) is 1.71. The summed E-state index contributed by atoms with van der Waals surface area (Å²) in [6.07, 6.45) is 3.10. The molecule has 2 aromatic rings. The van der Waals surface area contributed by atoms with Crippen molar-refractivity contribution >= 4 is 23.2 Å². The highest BCUT2D eigenvalue weighted by Crippen LogP contribution is 2.26. The zero-order valence-corrected chi connectivity index (χ0v) is 15.6. The third-order valence-corrected chi connectivity index (χ3v) is 4.74. The van der Waals surface area contributed by atoms with Gasteiger partial charge in [-0.05, 0) is 51.9 Å². The lowest BCUT2D eigenvalue weighted by Crippen LogP contribution is -2.34. The smallest absolute Gasteiger partial charge is 0.254 e. The lowest BCUT2D eigenvalue weighted by molar-refractivity contribution is 0.0941. The first-order valence-corrected chi connectivity index (χ1v) is 8.83. The number of rotatable bonds is 7. The molecule has 7 heteroatoms. The van der Waals surface area contributed by atoms with Gasteiger partial charge in [0.25, 0.3) is 5.91 Å². The average Bonchev–Trinajstić information content (AvgIpc) is 2.93. The highest BCUT2D eigenvalue weighted by atomic mass is 32.1. The van der Waals surface area contributed by atoms with Gasteiger partial charge in [0, 0.05) is 29.9 Å². The molecule has 0 bridgehead atoms. The topological polar surface area (TPSA) is 70.1 Å². The van der Waals surface area contributed by atoms with Crippen molar-refractivity contribution in [2.75, 3.05) is 26.0 Å². The van der Waals surface area contributed by atoms with Crippen LogP contribution in [-0.4, -0.2) is 47.5 Å². The van der Waals surface area contributed by atoms with Crippen molar-refractivity contribution in [1.82, 2.24) is 20.2 Å². The first-order valence-electron chi connectivity index (χ1n) is 7.95. The Morgan fingerprint density at radius 3 is 2.46 bits per heavy atom. The normalized spacial score (nSPS) is 12.5. The molecule has 2 aromatic heterocycles. The number of nitrogens with zero attached hydrogens (tertiary/aromatic N) is 3. The van der Waals surface area contributed by atoms with Crippen molar-refractivity contribution in [2.45, 2.75) is 32.9 Å². The molecule has 24 heavy (non-hydrogen) atoms. The standard InChI is InChI=1S/C17H25N5OS/c1-11(2)21-17-19-8-13(9-20-17)16(23)18-10-14(22(4)5)15-12(3)6-7-24-15/h6-9,11,14H,10H2,1-5H3,(H,18,23)(H,19,20,21)/t14-/m1/s1. The van der Waals surface area contributed by atoms with Gasteiger partial charge in [-0.25, -0.2) is 9.97 Å². The number of amides is 1. The van der Waals surface area contributed by atoms with E-state index in [1.807, 2.05) is 27.9 Å². The second-order valence-corrected chi connectivity index (χ2v) is 7.20. The third-order valence-electron chi connectivity index (χ3n) is 3.62. The second kappa shape index (κ2) is 8.21. The van der Waals surface area contributed by atoms with Crippen LogP contribution in [0.1, 0.15) is 40.7 Å². The molecule has 0 fully saturated rings. The number of carbonyl (C=O) groups excluding carboxylic acids is 1. The van der Waals surface area contributed by atoms with Crippen LogP contribution in [0.2, 0.25) is 0 Å². The molecule has 2 N–H and O–H groups in total. The number of thiophene rings is 1. The summed E-state index contributed by atoms with van der Waals surface area (Å²) in [4.78, 5) is 24.1. The van der Waals surface area contributed by atoms with Gasteiger partial charge in [-0.15, -0.1) is 11.3 Å². The molecule has 1 amide bonds. The average molecular weight is 347 g/mol. The Labute approximate surface area is 147 Å². The van der Waals surface area contributed by atoms with Crippen LogP contribution in [0.25, 0.3) is 0 Å². The van der Waals surface area contributed by atoms with Gasteiger partial charge in [-0.2, -0.15) is 0 Å². The van der Waals surface area contributed by atoms with E-state index < -0.39 is 0 Å². The first kappa shape index (κ1) is 18.4. The van der Waals surface area contributed by atoms with Gasteiger partial charge in [0.2, 0.25) is 5.95 Å². The van der Waals surface area contributed by atoms with Crippen LogP contribution in [0.3, 0.4) is 0 Å². The predicted octanol–water partition coefficient (Wildman–Crippen LogP) is 2.70. The van der Waals surface area contributed by atoms with E-state index in [9.17, 15) is 4.79 Å². The molecule has 130 valence electrons. The van der Waals surface area contributed by atoms with Crippen LogP contribution in [0.5, 0.6) is 0 Å². The van der Waals surface area contributed by atoms with Crippen LogP contribution in [0.4, 0.5) is 5.95 Å². The number of anilines is 1. The van der Waals surface area contributed by atoms with E-state index >= 15 is 0 Å². The number of hydrogen-bond acceptors (Lipinski definition) is 6. The highest BCUT2D eigenvalue weighted by molar-refractivity contribution is 7.10. The largest absolute Gasteiger partial charge is 0.352 e. The van der Waals surface area contributed by atoms with E-state index in [0.29, 0.717) is 18.1 Å². The van der Waals surface area contributed by atoms with E-state index in [4.69, 9.17) is 0 Å². The van der Waals surface area contributed by atoms with Crippen molar-refractivity contribution < 1.29 is 4.79 Å². The van der Waals surface area contributed by atoms with Crippen LogP contribution >= 0.6 is 11.3 Å². The van der Waals surface area contributed by atoms with Crippen molar-refractivity contribution in [3.63, 3.8) is 0 Å². The van der Waals surface area contributed by atoms with Crippen LogP contribution in [-0.2, 0) is 0 Å². The molecular formula is C17H25N5OS. The second-order valence-electron chi connectivity index (χ2n) is 6.25. The lowest BCUT2D eigenvalue weighted by atomic mass is 10.1. The summed E-state index contributed by atoms with van der Waals surface area (Å²) in [5.74, 6) is 0.370. The van der Waals surface area contributed by atoms with E-state index in [-0.39, 0.29) is 18.0 Å². The molecule has 0 spiro atoms. The van der Waals surface area contributed by atoms with Crippen molar-refractivity contribution in [3.05, 3.63) is 39.8 Å². The third kappa shape index (κ3) is 4.75. The maximum absolute atomic E-state index is 12.3. The zero-order valence-electron chi connectivity index (χ0n) is 14.8. The fraction of sp³-hybridized carbons (Fsp3) is 0.471. The Hall–Kier alpha value is -1.99. The van der Waals surface area contributed by atoms with E-state index in [1.54, 1.807) is 23.7 Å². The molecule has 2 heterocycles. The van der Waals surface area contributed by atoms with Gasteiger partial charge in [0.15, 0.2) is 0 Å². The van der Waals surface area contributed by atoms with Crippen LogP contribution in [0.15, 0.2) is 23.8 Å². The number of aromatic nitrogens is 2. The molecule has 0 aliphatic carbocycles. The molecule has 6 nitrogen and oxygen atoms in total. The summed E-state index contributed by atoms with van der Waals surface area (Å²) >= 11 is 1.72. The fourth-order valence-corrected chi connectivity index (χ4v) is 3.43. The molecule has 0 saturated carbocycles. The quantitative estimate of drug-likeness (QED) is 0.806. The highest BCUT2D eigenvalue weighted by Gasteiger charge is 2.19. The lowest BCUT2D eigenvalue weighted by Gasteiger charge is -2.24. The maximum atomic E-state index is 12.3. The van der Waals surface area contributed by atoms with E-state index in [1.165, 1.54) is 10.4 Å².